The quantitative estimate of drug-likeness (QED) is 0.770. The average Bonchev–Trinajstić information content (AvgIpc) is 2.71. The fraction of sp³-hybridized carbons (Fsp3) is 0.100. The van der Waals surface area contributed by atoms with Crippen molar-refractivity contribution in [3.63, 3.8) is 0 Å². The predicted octanol–water partition coefficient (Wildman–Crippen LogP) is 1.48. The zero-order valence-electron chi connectivity index (χ0n) is 8.06. The molecule has 6 heteroatoms. The lowest BCUT2D eigenvalue weighted by atomic mass is 10.2. The Morgan fingerprint density at radius 2 is 2.12 bits per heavy atom. The Balaban J connectivity index is 2.21. The minimum Gasteiger partial charge on any atom is -0.247 e. The molecule has 1 aromatic carbocycles. The van der Waals surface area contributed by atoms with Crippen molar-refractivity contribution in [3.05, 3.63) is 47.5 Å². The molecule has 2 aromatic rings. The fourth-order valence-corrected chi connectivity index (χ4v) is 1.25. The van der Waals surface area contributed by atoms with Crippen LogP contribution in [0.1, 0.15) is 11.4 Å². The largest absolute Gasteiger partial charge is 0.252 e. The van der Waals surface area contributed by atoms with Gasteiger partial charge in [-0.25, -0.2) is 18.4 Å². The zero-order valence-corrected chi connectivity index (χ0v) is 8.06. The lowest BCUT2D eigenvalue weighted by Crippen LogP contribution is -2.01. The Bertz CT molecular complexity index is 556. The Hall–Kier alpha value is -2.29. The summed E-state index contributed by atoms with van der Waals surface area (Å²) < 4.78 is 26.9. The second-order valence-corrected chi connectivity index (χ2v) is 3.13. The van der Waals surface area contributed by atoms with Crippen LogP contribution in [0.3, 0.4) is 0 Å². The molecule has 0 atom stereocenters. The van der Waals surface area contributed by atoms with Crippen LogP contribution in [0.5, 0.6) is 0 Å². The molecule has 4 nitrogen and oxygen atoms in total. The van der Waals surface area contributed by atoms with Crippen molar-refractivity contribution in [2.24, 2.45) is 0 Å². The SMILES string of the molecule is N#Cc1ncn(Cc2ccc(F)c(F)c2)n1. The van der Waals surface area contributed by atoms with Crippen molar-refractivity contribution in [2.75, 3.05) is 0 Å². The number of benzene rings is 1. The first-order chi connectivity index (χ1) is 7.69. The van der Waals surface area contributed by atoms with E-state index in [0.29, 0.717) is 5.56 Å². The summed E-state index contributed by atoms with van der Waals surface area (Å²) in [5.41, 5.74) is 0.549. The van der Waals surface area contributed by atoms with Gasteiger partial charge in [0.05, 0.1) is 6.54 Å². The van der Waals surface area contributed by atoms with E-state index < -0.39 is 11.6 Å². The van der Waals surface area contributed by atoms with Crippen LogP contribution in [0.25, 0.3) is 0 Å². The van der Waals surface area contributed by atoms with Crippen molar-refractivity contribution in [1.82, 2.24) is 14.8 Å². The Morgan fingerprint density at radius 3 is 2.75 bits per heavy atom. The van der Waals surface area contributed by atoms with Crippen LogP contribution in [0, 0.1) is 23.0 Å². The van der Waals surface area contributed by atoms with E-state index in [4.69, 9.17) is 5.26 Å². The second-order valence-electron chi connectivity index (χ2n) is 3.13. The van der Waals surface area contributed by atoms with Crippen molar-refractivity contribution in [3.8, 4) is 6.07 Å². The van der Waals surface area contributed by atoms with E-state index >= 15 is 0 Å². The second kappa shape index (κ2) is 4.06. The molecule has 0 spiro atoms. The van der Waals surface area contributed by atoms with Crippen LogP contribution < -0.4 is 0 Å². The lowest BCUT2D eigenvalue weighted by Gasteiger charge is -2.01. The standard InChI is InChI=1S/C10H6F2N4/c11-8-2-1-7(3-9(8)12)5-16-6-14-10(4-13)15-16/h1-3,6H,5H2. The highest BCUT2D eigenvalue weighted by Crippen LogP contribution is 2.09. The first-order valence-corrected chi connectivity index (χ1v) is 4.42. The summed E-state index contributed by atoms with van der Waals surface area (Å²) in [6.07, 6.45) is 1.36. The summed E-state index contributed by atoms with van der Waals surface area (Å²) in [5.74, 6) is -1.75. The van der Waals surface area contributed by atoms with Gasteiger partial charge in [-0.2, -0.15) is 5.26 Å². The van der Waals surface area contributed by atoms with Gasteiger partial charge >= 0.3 is 0 Å². The number of aromatic nitrogens is 3. The van der Waals surface area contributed by atoms with E-state index in [1.807, 2.05) is 0 Å². The van der Waals surface area contributed by atoms with E-state index in [1.165, 1.54) is 17.1 Å². The van der Waals surface area contributed by atoms with Crippen molar-refractivity contribution in [2.45, 2.75) is 6.54 Å². The summed E-state index contributed by atoms with van der Waals surface area (Å²) in [5, 5.41) is 12.3. The van der Waals surface area contributed by atoms with Crippen molar-refractivity contribution in [1.29, 1.82) is 5.26 Å². The minimum absolute atomic E-state index is 0.0441. The van der Waals surface area contributed by atoms with Crippen LogP contribution in [-0.2, 0) is 6.54 Å². The highest BCUT2D eigenvalue weighted by Gasteiger charge is 2.04. The third-order valence-corrected chi connectivity index (χ3v) is 1.97. The maximum Gasteiger partial charge on any atom is 0.252 e. The number of nitrogens with zero attached hydrogens (tertiary/aromatic N) is 4. The van der Waals surface area contributed by atoms with Crippen LogP contribution in [0.4, 0.5) is 8.78 Å². The van der Waals surface area contributed by atoms with Gasteiger partial charge in [0.15, 0.2) is 11.6 Å². The van der Waals surface area contributed by atoms with Crippen LogP contribution in [0.2, 0.25) is 0 Å². The molecule has 1 heterocycles. The molecule has 0 unspecified atom stereocenters. The highest BCUT2D eigenvalue weighted by atomic mass is 19.2. The molecule has 0 N–H and O–H groups in total. The number of hydrogen-bond donors (Lipinski definition) is 0. The maximum atomic E-state index is 12.9. The third-order valence-electron chi connectivity index (χ3n) is 1.97. The van der Waals surface area contributed by atoms with Crippen molar-refractivity contribution < 1.29 is 8.78 Å². The molecule has 0 amide bonds. The van der Waals surface area contributed by atoms with Gasteiger partial charge in [0, 0.05) is 0 Å². The van der Waals surface area contributed by atoms with Gasteiger partial charge in [-0.05, 0) is 17.7 Å². The molecule has 0 aliphatic rings. The summed E-state index contributed by atoms with van der Waals surface area (Å²) in [4.78, 5) is 3.69. The van der Waals surface area contributed by atoms with Gasteiger partial charge in [0.1, 0.15) is 12.4 Å². The van der Waals surface area contributed by atoms with Crippen LogP contribution >= 0.6 is 0 Å². The van der Waals surface area contributed by atoms with Gasteiger partial charge in [0.2, 0.25) is 0 Å². The van der Waals surface area contributed by atoms with Crippen LogP contribution in [0.15, 0.2) is 24.5 Å². The number of nitriles is 1. The molecule has 0 radical (unpaired) electrons. The first kappa shape index (κ1) is 10.2. The highest BCUT2D eigenvalue weighted by molar-refractivity contribution is 5.18. The van der Waals surface area contributed by atoms with Gasteiger partial charge in [-0.3, -0.25) is 0 Å². The smallest absolute Gasteiger partial charge is 0.247 e. The number of halogens is 2. The Labute approximate surface area is 89.8 Å². The Morgan fingerprint density at radius 1 is 1.31 bits per heavy atom. The predicted molar refractivity (Wildman–Crippen MR) is 50.2 cm³/mol. The van der Waals surface area contributed by atoms with Gasteiger partial charge in [-0.1, -0.05) is 6.07 Å². The van der Waals surface area contributed by atoms with E-state index in [1.54, 1.807) is 6.07 Å². The molecule has 0 fully saturated rings. The summed E-state index contributed by atoms with van der Waals surface area (Å²) in [6.45, 7) is 0.242. The summed E-state index contributed by atoms with van der Waals surface area (Å²) in [7, 11) is 0. The topological polar surface area (TPSA) is 54.5 Å². The molecule has 2 rings (SSSR count). The molecular formula is C10H6F2N4. The fourth-order valence-electron chi connectivity index (χ4n) is 1.25. The minimum atomic E-state index is -0.905. The number of hydrogen-bond acceptors (Lipinski definition) is 3. The molecule has 0 aliphatic carbocycles. The lowest BCUT2D eigenvalue weighted by molar-refractivity contribution is 0.505. The maximum absolute atomic E-state index is 12.9. The average molecular weight is 220 g/mol. The number of rotatable bonds is 2. The molecular weight excluding hydrogens is 214 g/mol. The molecule has 1 aromatic heterocycles. The third kappa shape index (κ3) is 2.03. The zero-order chi connectivity index (χ0) is 11.5. The summed E-state index contributed by atoms with van der Waals surface area (Å²) in [6, 6.07) is 5.36. The molecule has 0 aliphatic heterocycles. The van der Waals surface area contributed by atoms with Gasteiger partial charge in [0.25, 0.3) is 5.82 Å². The van der Waals surface area contributed by atoms with Gasteiger partial charge < -0.3 is 0 Å². The molecule has 0 bridgehead atoms. The molecule has 0 saturated heterocycles. The normalized spacial score (nSPS) is 10.1. The van der Waals surface area contributed by atoms with E-state index in [2.05, 4.69) is 10.1 Å². The van der Waals surface area contributed by atoms with E-state index in [9.17, 15) is 8.78 Å². The summed E-state index contributed by atoms with van der Waals surface area (Å²) >= 11 is 0. The van der Waals surface area contributed by atoms with E-state index in [0.717, 1.165) is 12.1 Å². The van der Waals surface area contributed by atoms with Gasteiger partial charge in [-0.15, -0.1) is 5.10 Å². The Kier molecular flexibility index (Phi) is 2.60. The van der Waals surface area contributed by atoms with E-state index in [-0.39, 0.29) is 12.4 Å². The molecule has 80 valence electrons. The monoisotopic (exact) mass is 220 g/mol. The first-order valence-electron chi connectivity index (χ1n) is 4.42. The van der Waals surface area contributed by atoms with Crippen LogP contribution in [-0.4, -0.2) is 14.8 Å². The van der Waals surface area contributed by atoms with Crippen molar-refractivity contribution >= 4 is 0 Å². The molecule has 0 saturated carbocycles. The molecule has 16 heavy (non-hydrogen) atoms.